The molecule has 5 heterocycles. The molecule has 164 valence electrons. The zero-order valence-corrected chi connectivity index (χ0v) is 16.9. The average Bonchev–Trinajstić information content (AvgIpc) is 3.40. The zero-order valence-electron chi connectivity index (χ0n) is 16.9. The molecule has 0 amide bonds. The van der Waals surface area contributed by atoms with Gasteiger partial charge < -0.3 is 25.0 Å². The van der Waals surface area contributed by atoms with Crippen LogP contribution >= 0.6 is 0 Å². The number of nitrogens with zero attached hydrogens (tertiary/aromatic N) is 6. The Balaban J connectivity index is 1.54. The molecule has 0 aliphatic carbocycles. The lowest BCUT2D eigenvalue weighted by atomic mass is 10.2. The van der Waals surface area contributed by atoms with Crippen LogP contribution in [0.15, 0.2) is 18.5 Å². The fraction of sp³-hybridized carbons (Fsp3) is 0.474. The molecule has 2 saturated heterocycles. The predicted octanol–water partition coefficient (Wildman–Crippen LogP) is 0.892. The molecular weight excluding hydrogens is 410 g/mol. The van der Waals surface area contributed by atoms with E-state index in [0.717, 1.165) is 6.20 Å². The first-order chi connectivity index (χ1) is 15.1. The molecule has 5 rings (SSSR count). The fourth-order valence-electron chi connectivity index (χ4n) is 3.77. The molecule has 31 heavy (non-hydrogen) atoms. The van der Waals surface area contributed by atoms with Crippen LogP contribution in [0.5, 0.6) is 5.75 Å². The molecule has 2 fully saturated rings. The van der Waals surface area contributed by atoms with E-state index in [1.165, 1.54) is 10.7 Å². The van der Waals surface area contributed by atoms with Crippen LogP contribution in [0.3, 0.4) is 0 Å². The number of anilines is 2. The van der Waals surface area contributed by atoms with Crippen molar-refractivity contribution >= 4 is 17.4 Å². The molecule has 3 aromatic heterocycles. The van der Waals surface area contributed by atoms with Crippen molar-refractivity contribution in [3.63, 3.8) is 0 Å². The first-order valence-corrected chi connectivity index (χ1v) is 10.0. The quantitative estimate of drug-likeness (QED) is 0.609. The van der Waals surface area contributed by atoms with E-state index in [-0.39, 0.29) is 18.2 Å². The maximum absolute atomic E-state index is 14.7. The second-order valence-corrected chi connectivity index (χ2v) is 7.36. The van der Waals surface area contributed by atoms with Crippen LogP contribution in [-0.2, 0) is 4.74 Å². The highest BCUT2D eigenvalue weighted by Crippen LogP contribution is 2.30. The number of imidazole rings is 1. The monoisotopic (exact) mass is 432 g/mol. The zero-order chi connectivity index (χ0) is 21.4. The lowest BCUT2D eigenvalue weighted by Gasteiger charge is -2.28. The number of hydrogen-bond donors (Lipinski definition) is 2. The molecule has 2 N–H and O–H groups in total. The summed E-state index contributed by atoms with van der Waals surface area (Å²) in [7, 11) is 1.57. The van der Waals surface area contributed by atoms with Gasteiger partial charge in [-0.15, -0.1) is 5.10 Å². The maximum Gasteiger partial charge on any atom is 0.223 e. The van der Waals surface area contributed by atoms with Crippen molar-refractivity contribution < 1.29 is 18.3 Å². The van der Waals surface area contributed by atoms with Gasteiger partial charge >= 0.3 is 0 Å². The Hall–Kier alpha value is -3.12. The van der Waals surface area contributed by atoms with Crippen molar-refractivity contribution in [3.8, 4) is 17.1 Å². The summed E-state index contributed by atoms with van der Waals surface area (Å²) in [6.45, 7) is 3.19. The molecule has 0 bridgehead atoms. The van der Waals surface area contributed by atoms with Crippen LogP contribution < -0.4 is 20.3 Å². The summed E-state index contributed by atoms with van der Waals surface area (Å²) in [5, 5.41) is 10.6. The Labute approximate surface area is 176 Å². The summed E-state index contributed by atoms with van der Waals surface area (Å²) in [4.78, 5) is 14.6. The van der Waals surface area contributed by atoms with Gasteiger partial charge in [0, 0.05) is 32.2 Å². The molecule has 2 atom stereocenters. The van der Waals surface area contributed by atoms with E-state index in [9.17, 15) is 8.78 Å². The van der Waals surface area contributed by atoms with Gasteiger partial charge in [0.15, 0.2) is 23.0 Å². The van der Waals surface area contributed by atoms with E-state index in [0.29, 0.717) is 55.8 Å². The number of methoxy groups -OCH3 is 1. The van der Waals surface area contributed by atoms with Gasteiger partial charge in [-0.05, 0) is 0 Å². The highest BCUT2D eigenvalue weighted by molar-refractivity contribution is 5.65. The molecule has 10 nitrogen and oxygen atoms in total. The van der Waals surface area contributed by atoms with Gasteiger partial charge in [0.2, 0.25) is 5.95 Å². The summed E-state index contributed by atoms with van der Waals surface area (Å²) in [6, 6.07) is 1.27. The molecule has 0 unspecified atom stereocenters. The summed E-state index contributed by atoms with van der Waals surface area (Å²) in [5.41, 5.74) is 0.869. The van der Waals surface area contributed by atoms with Crippen LogP contribution in [0.25, 0.3) is 17.0 Å². The van der Waals surface area contributed by atoms with Crippen molar-refractivity contribution in [1.82, 2.24) is 29.9 Å². The van der Waals surface area contributed by atoms with E-state index >= 15 is 0 Å². The number of morpholine rings is 1. The third-order valence-electron chi connectivity index (χ3n) is 5.41. The molecule has 0 saturated carbocycles. The van der Waals surface area contributed by atoms with Crippen molar-refractivity contribution in [2.45, 2.75) is 12.2 Å². The van der Waals surface area contributed by atoms with Gasteiger partial charge in [-0.1, -0.05) is 0 Å². The summed E-state index contributed by atoms with van der Waals surface area (Å²) in [5.74, 6) is 0.700. The highest BCUT2D eigenvalue weighted by Gasteiger charge is 2.28. The van der Waals surface area contributed by atoms with E-state index in [2.05, 4.69) is 30.7 Å². The van der Waals surface area contributed by atoms with Gasteiger partial charge in [0.25, 0.3) is 0 Å². The summed E-state index contributed by atoms with van der Waals surface area (Å²) in [6.07, 6.45) is 1.49. The average molecular weight is 432 g/mol. The minimum absolute atomic E-state index is 0.0250. The van der Waals surface area contributed by atoms with E-state index in [1.54, 1.807) is 13.2 Å². The van der Waals surface area contributed by atoms with Crippen LogP contribution in [0.1, 0.15) is 0 Å². The molecule has 0 radical (unpaired) electrons. The lowest BCUT2D eigenvalue weighted by Crippen LogP contribution is -2.37. The third kappa shape index (κ3) is 3.72. The standard InChI is InChI=1S/C19H22F2N8O2/c1-30-15-6-16-23-10-14(29(16)27-18(15)28-2-4-31-5-3-28)17-12(21)8-24-19(26-17)25-13-9-22-7-11(13)20/h6,8,10-11,13,22H,2-5,7,9H2,1H3,(H,24,25,26)/t11-,13-/m0/s1. The molecule has 2 aliphatic heterocycles. The maximum atomic E-state index is 14.7. The topological polar surface area (TPSA) is 102 Å². The molecule has 2 aliphatic rings. The summed E-state index contributed by atoms with van der Waals surface area (Å²) < 4.78 is 41.1. The largest absolute Gasteiger partial charge is 0.493 e. The number of aromatic nitrogens is 5. The smallest absolute Gasteiger partial charge is 0.223 e. The minimum Gasteiger partial charge on any atom is -0.493 e. The summed E-state index contributed by atoms with van der Waals surface area (Å²) >= 11 is 0. The van der Waals surface area contributed by atoms with Crippen molar-refractivity contribution in [3.05, 3.63) is 24.3 Å². The number of nitrogens with one attached hydrogen (secondary N) is 2. The van der Waals surface area contributed by atoms with Crippen LogP contribution in [0.2, 0.25) is 0 Å². The number of hydrogen-bond acceptors (Lipinski definition) is 9. The SMILES string of the molecule is COc1cc2ncc(-c3nc(N[C@H]4CNC[C@@H]4F)ncc3F)n2nc1N1CCOCC1. The number of alkyl halides is 1. The van der Waals surface area contributed by atoms with Gasteiger partial charge in [0.1, 0.15) is 17.6 Å². The molecule has 3 aromatic rings. The Bertz CT molecular complexity index is 1090. The van der Waals surface area contributed by atoms with Gasteiger partial charge in [0.05, 0.1) is 38.8 Å². The molecule has 0 aromatic carbocycles. The molecule has 12 heteroatoms. The Kier molecular flexibility index (Phi) is 5.24. The lowest BCUT2D eigenvalue weighted by molar-refractivity contribution is 0.122. The molecular formula is C19H22F2N8O2. The van der Waals surface area contributed by atoms with Crippen molar-refractivity contribution in [1.29, 1.82) is 0 Å². The van der Waals surface area contributed by atoms with Gasteiger partial charge in [-0.25, -0.2) is 28.2 Å². The van der Waals surface area contributed by atoms with Gasteiger partial charge in [-0.2, -0.15) is 0 Å². The van der Waals surface area contributed by atoms with E-state index in [1.807, 2.05) is 4.90 Å². The fourth-order valence-corrected chi connectivity index (χ4v) is 3.77. The minimum atomic E-state index is -1.07. The second-order valence-electron chi connectivity index (χ2n) is 7.36. The Morgan fingerprint density at radius 3 is 2.81 bits per heavy atom. The Morgan fingerprint density at radius 1 is 1.23 bits per heavy atom. The number of halogens is 2. The normalized spacial score (nSPS) is 21.6. The third-order valence-corrected chi connectivity index (χ3v) is 5.41. The first kappa shape index (κ1) is 19.8. The van der Waals surface area contributed by atoms with E-state index in [4.69, 9.17) is 9.47 Å². The van der Waals surface area contributed by atoms with E-state index < -0.39 is 18.0 Å². The van der Waals surface area contributed by atoms with Crippen LogP contribution in [-0.4, -0.2) is 83.3 Å². The molecule has 0 spiro atoms. The van der Waals surface area contributed by atoms with Gasteiger partial charge in [-0.3, -0.25) is 0 Å². The predicted molar refractivity (Wildman–Crippen MR) is 109 cm³/mol. The number of rotatable bonds is 5. The number of fused-ring (bicyclic) bond motifs is 1. The highest BCUT2D eigenvalue weighted by atomic mass is 19.1. The first-order valence-electron chi connectivity index (χ1n) is 10.0. The van der Waals surface area contributed by atoms with Crippen molar-refractivity contribution in [2.75, 3.05) is 56.7 Å². The second kappa shape index (κ2) is 8.19. The Morgan fingerprint density at radius 2 is 2.06 bits per heavy atom. The van der Waals surface area contributed by atoms with Crippen molar-refractivity contribution in [2.24, 2.45) is 0 Å². The number of ether oxygens (including phenoxy) is 2. The van der Waals surface area contributed by atoms with Crippen LogP contribution in [0.4, 0.5) is 20.5 Å². The van der Waals surface area contributed by atoms with Crippen LogP contribution in [0, 0.1) is 5.82 Å².